The summed E-state index contributed by atoms with van der Waals surface area (Å²) in [4.78, 5) is 11.3. The number of nitrogens with one attached hydrogen (secondary N) is 1. The molecule has 6 heteroatoms. The van der Waals surface area contributed by atoms with Gasteiger partial charge in [-0.15, -0.1) is 11.3 Å². The van der Waals surface area contributed by atoms with Gasteiger partial charge in [0.1, 0.15) is 0 Å². The SMILES string of the molecule is CNCC[C@H](O)c1cccs1.O=C(O)[C@@H](O)c1ccccc1. The van der Waals surface area contributed by atoms with Gasteiger partial charge in [-0.1, -0.05) is 36.4 Å². The zero-order valence-electron chi connectivity index (χ0n) is 12.3. The first-order valence-corrected chi connectivity index (χ1v) is 7.76. The van der Waals surface area contributed by atoms with Crippen molar-refractivity contribution in [1.29, 1.82) is 0 Å². The Morgan fingerprint density at radius 1 is 1.18 bits per heavy atom. The fourth-order valence-corrected chi connectivity index (χ4v) is 2.43. The largest absolute Gasteiger partial charge is 0.479 e. The lowest BCUT2D eigenvalue weighted by molar-refractivity contribution is -0.146. The van der Waals surface area contributed by atoms with E-state index in [-0.39, 0.29) is 6.10 Å². The molecule has 120 valence electrons. The van der Waals surface area contributed by atoms with E-state index in [2.05, 4.69) is 5.32 Å². The van der Waals surface area contributed by atoms with Crippen LogP contribution in [0.25, 0.3) is 0 Å². The molecule has 0 aliphatic rings. The summed E-state index contributed by atoms with van der Waals surface area (Å²) in [5.74, 6) is -1.23. The summed E-state index contributed by atoms with van der Waals surface area (Å²) in [5, 5.41) is 31.9. The molecule has 0 amide bonds. The van der Waals surface area contributed by atoms with Crippen LogP contribution in [0, 0.1) is 0 Å². The van der Waals surface area contributed by atoms with Crippen molar-refractivity contribution in [2.24, 2.45) is 0 Å². The molecule has 22 heavy (non-hydrogen) atoms. The summed E-state index contributed by atoms with van der Waals surface area (Å²) < 4.78 is 0. The Balaban J connectivity index is 0.000000220. The van der Waals surface area contributed by atoms with Crippen LogP contribution in [0.4, 0.5) is 0 Å². The highest BCUT2D eigenvalue weighted by Gasteiger charge is 2.14. The first-order chi connectivity index (χ1) is 10.6. The lowest BCUT2D eigenvalue weighted by atomic mass is 10.1. The fourth-order valence-electron chi connectivity index (χ4n) is 1.68. The lowest BCUT2D eigenvalue weighted by Gasteiger charge is -2.06. The average molecular weight is 323 g/mol. The number of aliphatic carboxylic acids is 1. The Morgan fingerprint density at radius 2 is 1.86 bits per heavy atom. The van der Waals surface area contributed by atoms with Crippen LogP contribution in [0.5, 0.6) is 0 Å². The van der Waals surface area contributed by atoms with E-state index in [1.165, 1.54) is 0 Å². The first kappa shape index (κ1) is 18.3. The molecule has 1 aromatic heterocycles. The van der Waals surface area contributed by atoms with Gasteiger partial charge in [-0.2, -0.15) is 0 Å². The van der Waals surface area contributed by atoms with E-state index >= 15 is 0 Å². The maximum Gasteiger partial charge on any atom is 0.337 e. The summed E-state index contributed by atoms with van der Waals surface area (Å²) in [5.41, 5.74) is 0.403. The van der Waals surface area contributed by atoms with E-state index < -0.39 is 12.1 Å². The van der Waals surface area contributed by atoms with Gasteiger partial charge >= 0.3 is 5.97 Å². The number of hydrogen-bond donors (Lipinski definition) is 4. The maximum atomic E-state index is 10.2. The number of carboxylic acid groups (broad SMARTS) is 1. The topological polar surface area (TPSA) is 89.8 Å². The number of aliphatic hydroxyl groups is 2. The Labute approximate surface area is 133 Å². The van der Waals surface area contributed by atoms with Gasteiger partial charge in [0.05, 0.1) is 6.10 Å². The number of rotatable bonds is 6. The third-order valence-electron chi connectivity index (χ3n) is 2.89. The molecule has 0 bridgehead atoms. The van der Waals surface area contributed by atoms with Gasteiger partial charge in [0.15, 0.2) is 6.10 Å². The first-order valence-electron chi connectivity index (χ1n) is 6.88. The number of carbonyl (C=O) groups is 1. The third-order valence-corrected chi connectivity index (χ3v) is 3.86. The van der Waals surface area contributed by atoms with Crippen LogP contribution >= 0.6 is 11.3 Å². The van der Waals surface area contributed by atoms with Crippen molar-refractivity contribution in [1.82, 2.24) is 5.32 Å². The van der Waals surface area contributed by atoms with Gasteiger partial charge in [0.2, 0.25) is 0 Å². The molecular formula is C16H21NO4S. The number of hydrogen-bond acceptors (Lipinski definition) is 5. The second-order valence-electron chi connectivity index (χ2n) is 4.57. The molecular weight excluding hydrogens is 302 g/mol. The van der Waals surface area contributed by atoms with Crippen molar-refractivity contribution in [3.8, 4) is 0 Å². The van der Waals surface area contributed by atoms with E-state index in [1.54, 1.807) is 41.7 Å². The fraction of sp³-hybridized carbons (Fsp3) is 0.312. The quantitative estimate of drug-likeness (QED) is 0.654. The number of thiophene rings is 1. The molecule has 0 saturated carbocycles. The van der Waals surface area contributed by atoms with Crippen molar-refractivity contribution in [2.75, 3.05) is 13.6 Å². The van der Waals surface area contributed by atoms with Crippen molar-refractivity contribution in [3.05, 3.63) is 58.3 Å². The molecule has 0 radical (unpaired) electrons. The van der Waals surface area contributed by atoms with Crippen molar-refractivity contribution >= 4 is 17.3 Å². The van der Waals surface area contributed by atoms with Crippen molar-refractivity contribution in [2.45, 2.75) is 18.6 Å². The highest BCUT2D eigenvalue weighted by Crippen LogP contribution is 2.20. The minimum Gasteiger partial charge on any atom is -0.479 e. The zero-order chi connectivity index (χ0) is 16.4. The minimum atomic E-state index is -1.41. The molecule has 5 nitrogen and oxygen atoms in total. The molecule has 1 heterocycles. The Kier molecular flexibility index (Phi) is 8.39. The predicted molar refractivity (Wildman–Crippen MR) is 86.9 cm³/mol. The van der Waals surface area contributed by atoms with Crippen LogP contribution < -0.4 is 5.32 Å². The van der Waals surface area contributed by atoms with Crippen LogP contribution in [0.1, 0.15) is 29.1 Å². The maximum absolute atomic E-state index is 10.2. The molecule has 2 aromatic rings. The summed E-state index contributed by atoms with van der Waals surface area (Å²) in [7, 11) is 1.89. The average Bonchev–Trinajstić information content (AvgIpc) is 3.07. The molecule has 2 rings (SSSR count). The van der Waals surface area contributed by atoms with E-state index in [0.29, 0.717) is 5.56 Å². The zero-order valence-corrected chi connectivity index (χ0v) is 13.2. The van der Waals surface area contributed by atoms with Gasteiger partial charge in [0, 0.05) is 4.88 Å². The molecule has 0 aliphatic heterocycles. The van der Waals surface area contributed by atoms with E-state index in [1.807, 2.05) is 24.6 Å². The number of benzene rings is 1. The molecule has 0 spiro atoms. The monoisotopic (exact) mass is 323 g/mol. The minimum absolute atomic E-state index is 0.289. The van der Waals surface area contributed by atoms with Crippen LogP contribution in [-0.2, 0) is 4.79 Å². The number of carboxylic acids is 1. The summed E-state index contributed by atoms with van der Waals surface area (Å²) >= 11 is 1.60. The van der Waals surface area contributed by atoms with Crippen LogP contribution in [0.3, 0.4) is 0 Å². The second-order valence-corrected chi connectivity index (χ2v) is 5.55. The summed E-state index contributed by atoms with van der Waals surface area (Å²) in [6.07, 6.45) is -0.907. The summed E-state index contributed by atoms with van der Waals surface area (Å²) in [6.45, 7) is 0.860. The van der Waals surface area contributed by atoms with E-state index in [0.717, 1.165) is 17.8 Å². The highest BCUT2D eigenvalue weighted by atomic mass is 32.1. The molecule has 0 unspecified atom stereocenters. The van der Waals surface area contributed by atoms with Gasteiger partial charge in [0.25, 0.3) is 0 Å². The van der Waals surface area contributed by atoms with Gasteiger partial charge < -0.3 is 20.6 Å². The van der Waals surface area contributed by atoms with Gasteiger partial charge in [-0.25, -0.2) is 4.79 Å². The Bertz CT molecular complexity index is 530. The Hall–Kier alpha value is -1.73. The standard InChI is InChI=1S/C8H13NOS.C8H8O3/c1-9-5-4-7(10)8-3-2-6-11-8;9-7(8(10)11)6-4-2-1-3-5-6/h2-3,6-7,9-10H,4-5H2,1H3;1-5,7,9H,(H,10,11)/t2*7-/m00/s1. The van der Waals surface area contributed by atoms with Gasteiger partial charge in [-0.05, 0) is 37.0 Å². The predicted octanol–water partition coefficient (Wildman–Crippen LogP) is 2.20. The van der Waals surface area contributed by atoms with Crippen molar-refractivity contribution < 1.29 is 20.1 Å². The van der Waals surface area contributed by atoms with E-state index in [9.17, 15) is 9.90 Å². The molecule has 0 fully saturated rings. The molecule has 0 aliphatic carbocycles. The smallest absolute Gasteiger partial charge is 0.337 e. The van der Waals surface area contributed by atoms with Crippen molar-refractivity contribution in [3.63, 3.8) is 0 Å². The molecule has 0 saturated heterocycles. The Morgan fingerprint density at radius 3 is 2.36 bits per heavy atom. The molecule has 1 aromatic carbocycles. The second kappa shape index (κ2) is 10.1. The van der Waals surface area contributed by atoms with Crippen LogP contribution in [0.2, 0.25) is 0 Å². The third kappa shape index (κ3) is 6.36. The highest BCUT2D eigenvalue weighted by molar-refractivity contribution is 7.10. The lowest BCUT2D eigenvalue weighted by Crippen LogP contribution is -2.11. The van der Waals surface area contributed by atoms with Gasteiger partial charge in [-0.3, -0.25) is 0 Å². The normalized spacial score (nSPS) is 12.9. The number of aliphatic hydroxyl groups excluding tert-OH is 2. The van der Waals surface area contributed by atoms with E-state index in [4.69, 9.17) is 10.2 Å². The summed E-state index contributed by atoms with van der Waals surface area (Å²) in [6, 6.07) is 12.2. The molecule has 2 atom stereocenters. The molecule has 4 N–H and O–H groups in total. The van der Waals surface area contributed by atoms with Crippen LogP contribution in [-0.4, -0.2) is 34.9 Å². The van der Waals surface area contributed by atoms with Crippen LogP contribution in [0.15, 0.2) is 47.8 Å².